The van der Waals surface area contributed by atoms with Crippen molar-refractivity contribution in [1.29, 1.82) is 0 Å². The number of hydrogen-bond acceptors (Lipinski definition) is 3. The van der Waals surface area contributed by atoms with Gasteiger partial charge in [-0.2, -0.15) is 10.2 Å². The SMILES string of the molecule is Cc1ccccc1Cn1cc(NC(=O)C(C)Cn2cc(Br)cn2)cn1. The first-order valence-electron chi connectivity index (χ1n) is 8.07. The Bertz CT molecular complexity index is 870. The van der Waals surface area contributed by atoms with E-state index in [1.54, 1.807) is 17.1 Å². The van der Waals surface area contributed by atoms with Crippen LogP contribution in [-0.4, -0.2) is 25.5 Å². The van der Waals surface area contributed by atoms with Gasteiger partial charge in [0.2, 0.25) is 5.91 Å². The van der Waals surface area contributed by atoms with Crippen molar-refractivity contribution in [1.82, 2.24) is 19.6 Å². The predicted molar refractivity (Wildman–Crippen MR) is 100 cm³/mol. The van der Waals surface area contributed by atoms with Crippen LogP contribution >= 0.6 is 15.9 Å². The van der Waals surface area contributed by atoms with E-state index >= 15 is 0 Å². The van der Waals surface area contributed by atoms with E-state index in [2.05, 4.69) is 50.5 Å². The molecule has 3 rings (SSSR count). The summed E-state index contributed by atoms with van der Waals surface area (Å²) in [5.41, 5.74) is 3.13. The second-order valence-corrected chi connectivity index (χ2v) is 7.04. The Kier molecular flexibility index (Phi) is 5.33. The summed E-state index contributed by atoms with van der Waals surface area (Å²) in [5, 5.41) is 11.4. The highest BCUT2D eigenvalue weighted by molar-refractivity contribution is 9.10. The summed E-state index contributed by atoms with van der Waals surface area (Å²) >= 11 is 3.35. The average Bonchev–Trinajstić information content (AvgIpc) is 3.18. The molecule has 25 heavy (non-hydrogen) atoms. The molecule has 0 aliphatic heterocycles. The van der Waals surface area contributed by atoms with Crippen molar-refractivity contribution in [2.75, 3.05) is 5.32 Å². The van der Waals surface area contributed by atoms with Gasteiger partial charge in [0.1, 0.15) is 0 Å². The zero-order chi connectivity index (χ0) is 17.8. The highest BCUT2D eigenvalue weighted by Gasteiger charge is 2.15. The first-order chi connectivity index (χ1) is 12.0. The number of amides is 1. The van der Waals surface area contributed by atoms with E-state index in [1.807, 2.05) is 36.1 Å². The summed E-state index contributed by atoms with van der Waals surface area (Å²) in [6, 6.07) is 8.20. The first kappa shape index (κ1) is 17.4. The summed E-state index contributed by atoms with van der Waals surface area (Å²) in [4.78, 5) is 12.3. The molecule has 3 aromatic rings. The molecule has 0 aliphatic rings. The van der Waals surface area contributed by atoms with Crippen molar-refractivity contribution in [2.24, 2.45) is 5.92 Å². The Labute approximate surface area is 155 Å². The van der Waals surface area contributed by atoms with E-state index in [-0.39, 0.29) is 11.8 Å². The second-order valence-electron chi connectivity index (χ2n) is 6.12. The molecule has 1 aromatic carbocycles. The fourth-order valence-electron chi connectivity index (χ4n) is 2.54. The lowest BCUT2D eigenvalue weighted by Gasteiger charge is -2.11. The Morgan fingerprint density at radius 3 is 2.68 bits per heavy atom. The third-order valence-corrected chi connectivity index (χ3v) is 4.41. The minimum atomic E-state index is -0.202. The molecule has 0 spiro atoms. The third kappa shape index (κ3) is 4.57. The van der Waals surface area contributed by atoms with Crippen LogP contribution in [0.3, 0.4) is 0 Å². The summed E-state index contributed by atoms with van der Waals surface area (Å²) in [7, 11) is 0. The highest BCUT2D eigenvalue weighted by atomic mass is 79.9. The number of carbonyl (C=O) groups is 1. The third-order valence-electron chi connectivity index (χ3n) is 4.00. The zero-order valence-electron chi connectivity index (χ0n) is 14.2. The number of aryl methyl sites for hydroxylation is 1. The zero-order valence-corrected chi connectivity index (χ0v) is 15.8. The molecule has 0 saturated heterocycles. The normalized spacial score (nSPS) is 12.1. The molecule has 7 heteroatoms. The number of benzene rings is 1. The number of nitrogens with one attached hydrogen (secondary N) is 1. The lowest BCUT2D eigenvalue weighted by atomic mass is 10.1. The van der Waals surface area contributed by atoms with Gasteiger partial charge in [0, 0.05) is 12.4 Å². The molecule has 1 atom stereocenters. The standard InChI is InChI=1S/C18H20BrN5O/c1-13-5-3-4-6-15(13)10-24-12-17(8-21-24)22-18(25)14(2)9-23-11-16(19)7-20-23/h3-8,11-12,14H,9-10H2,1-2H3,(H,22,25). The highest BCUT2D eigenvalue weighted by Crippen LogP contribution is 2.13. The van der Waals surface area contributed by atoms with Crippen molar-refractivity contribution in [3.8, 4) is 0 Å². The Hall–Kier alpha value is -2.41. The van der Waals surface area contributed by atoms with Gasteiger partial charge in [-0.05, 0) is 34.0 Å². The number of anilines is 1. The van der Waals surface area contributed by atoms with Crippen LogP contribution in [0.5, 0.6) is 0 Å². The van der Waals surface area contributed by atoms with E-state index < -0.39 is 0 Å². The molecule has 0 saturated carbocycles. The quantitative estimate of drug-likeness (QED) is 0.687. The Morgan fingerprint density at radius 1 is 1.20 bits per heavy atom. The molecule has 130 valence electrons. The molecule has 6 nitrogen and oxygen atoms in total. The summed E-state index contributed by atoms with van der Waals surface area (Å²) in [6.07, 6.45) is 7.08. The summed E-state index contributed by atoms with van der Waals surface area (Å²) in [5.74, 6) is -0.256. The van der Waals surface area contributed by atoms with Gasteiger partial charge in [0.25, 0.3) is 0 Å². The lowest BCUT2D eigenvalue weighted by Crippen LogP contribution is -2.24. The van der Waals surface area contributed by atoms with Gasteiger partial charge in [-0.1, -0.05) is 31.2 Å². The Morgan fingerprint density at radius 2 is 1.96 bits per heavy atom. The number of rotatable bonds is 6. The maximum Gasteiger partial charge on any atom is 0.229 e. The number of aromatic nitrogens is 4. The fourth-order valence-corrected chi connectivity index (χ4v) is 2.87. The monoisotopic (exact) mass is 401 g/mol. The van der Waals surface area contributed by atoms with Crippen molar-refractivity contribution < 1.29 is 4.79 Å². The number of hydrogen-bond donors (Lipinski definition) is 1. The van der Waals surface area contributed by atoms with Crippen molar-refractivity contribution in [3.63, 3.8) is 0 Å². The van der Waals surface area contributed by atoms with Crippen LogP contribution in [0.25, 0.3) is 0 Å². The molecule has 1 N–H and O–H groups in total. The summed E-state index contributed by atoms with van der Waals surface area (Å²) in [6.45, 7) is 5.16. The number of carbonyl (C=O) groups excluding carboxylic acids is 1. The van der Waals surface area contributed by atoms with Crippen molar-refractivity contribution in [3.05, 3.63) is 64.7 Å². The molecule has 1 unspecified atom stereocenters. The first-order valence-corrected chi connectivity index (χ1v) is 8.86. The van der Waals surface area contributed by atoms with Crippen LogP contribution < -0.4 is 5.32 Å². The number of halogens is 1. The van der Waals surface area contributed by atoms with E-state index in [0.717, 1.165) is 4.47 Å². The van der Waals surface area contributed by atoms with E-state index in [4.69, 9.17) is 0 Å². The second kappa shape index (κ2) is 7.65. The molecule has 1 amide bonds. The predicted octanol–water partition coefficient (Wildman–Crippen LogP) is 3.47. The molecule has 2 aromatic heterocycles. The molecule has 0 bridgehead atoms. The van der Waals surface area contributed by atoms with Gasteiger partial charge in [-0.25, -0.2) is 0 Å². The smallest absolute Gasteiger partial charge is 0.229 e. The van der Waals surface area contributed by atoms with Crippen LogP contribution in [0, 0.1) is 12.8 Å². The van der Waals surface area contributed by atoms with Gasteiger partial charge in [-0.15, -0.1) is 0 Å². The van der Waals surface area contributed by atoms with Crippen molar-refractivity contribution in [2.45, 2.75) is 26.9 Å². The van der Waals surface area contributed by atoms with Gasteiger partial charge < -0.3 is 5.32 Å². The molecular weight excluding hydrogens is 382 g/mol. The van der Waals surface area contributed by atoms with Gasteiger partial charge in [0.05, 0.1) is 41.6 Å². The van der Waals surface area contributed by atoms with Crippen molar-refractivity contribution >= 4 is 27.5 Å². The van der Waals surface area contributed by atoms with Gasteiger partial charge in [-0.3, -0.25) is 14.2 Å². The minimum absolute atomic E-state index is 0.0536. The molecular formula is C18H20BrN5O. The Balaban J connectivity index is 1.59. The van der Waals surface area contributed by atoms with Gasteiger partial charge in [0.15, 0.2) is 0 Å². The van der Waals surface area contributed by atoms with E-state index in [1.165, 1.54) is 11.1 Å². The molecule has 2 heterocycles. The molecule has 0 radical (unpaired) electrons. The molecule has 0 aliphatic carbocycles. The minimum Gasteiger partial charge on any atom is -0.323 e. The van der Waals surface area contributed by atoms with Gasteiger partial charge >= 0.3 is 0 Å². The maximum atomic E-state index is 12.3. The molecule has 0 fully saturated rings. The number of nitrogens with zero attached hydrogens (tertiary/aromatic N) is 4. The largest absolute Gasteiger partial charge is 0.323 e. The van der Waals surface area contributed by atoms with Crippen LogP contribution in [0.1, 0.15) is 18.1 Å². The van der Waals surface area contributed by atoms with Crippen LogP contribution in [0.4, 0.5) is 5.69 Å². The topological polar surface area (TPSA) is 64.7 Å². The average molecular weight is 402 g/mol. The maximum absolute atomic E-state index is 12.3. The van der Waals surface area contributed by atoms with E-state index in [9.17, 15) is 4.79 Å². The van der Waals surface area contributed by atoms with Crippen LogP contribution in [0.2, 0.25) is 0 Å². The fraction of sp³-hybridized carbons (Fsp3) is 0.278. The summed E-state index contributed by atoms with van der Waals surface area (Å²) < 4.78 is 4.47. The van der Waals surface area contributed by atoms with E-state index in [0.29, 0.717) is 18.8 Å². The lowest BCUT2D eigenvalue weighted by molar-refractivity contribution is -0.119. The van der Waals surface area contributed by atoms with Crippen LogP contribution in [0.15, 0.2) is 53.5 Å². The van der Waals surface area contributed by atoms with Crippen LogP contribution in [-0.2, 0) is 17.9 Å².